The molecular weight excluding hydrogens is 166 g/mol. The Balaban J connectivity index is 2.05. The molecule has 3 heteroatoms. The Morgan fingerprint density at radius 1 is 1.08 bits per heavy atom. The standard InChI is InChI=1S/C10H18NO2/c1-11(5-3-4-6-11)7-8-13-10-9-12-2/h3-6H,7-10H2,1-2H3/q+1. The Labute approximate surface area is 79.8 Å². The molecule has 0 N–H and O–H groups in total. The van der Waals surface area contributed by atoms with Crippen LogP contribution in [0.4, 0.5) is 0 Å². The van der Waals surface area contributed by atoms with Crippen molar-refractivity contribution in [3.63, 3.8) is 0 Å². The van der Waals surface area contributed by atoms with Gasteiger partial charge in [-0.2, -0.15) is 0 Å². The Morgan fingerprint density at radius 2 is 1.77 bits per heavy atom. The maximum Gasteiger partial charge on any atom is 0.111 e. The SMILES string of the molecule is COCCOCC[N+]1(C)C=CC=C1. The molecule has 0 saturated heterocycles. The molecule has 0 aromatic heterocycles. The first-order valence-corrected chi connectivity index (χ1v) is 4.55. The highest BCUT2D eigenvalue weighted by Gasteiger charge is 2.16. The smallest absolute Gasteiger partial charge is 0.111 e. The molecule has 1 aliphatic heterocycles. The maximum absolute atomic E-state index is 5.39. The molecule has 3 nitrogen and oxygen atoms in total. The minimum atomic E-state index is 0.676. The summed E-state index contributed by atoms with van der Waals surface area (Å²) in [5.41, 5.74) is 0. The fourth-order valence-corrected chi connectivity index (χ4v) is 1.20. The second-order valence-corrected chi connectivity index (χ2v) is 3.36. The summed E-state index contributed by atoms with van der Waals surface area (Å²) in [6.07, 6.45) is 8.43. The summed E-state index contributed by atoms with van der Waals surface area (Å²) in [7, 11) is 3.84. The van der Waals surface area contributed by atoms with Gasteiger partial charge in [-0.05, 0) is 12.2 Å². The number of nitrogens with zero attached hydrogens (tertiary/aromatic N) is 1. The summed E-state index contributed by atoms with van der Waals surface area (Å²) < 4.78 is 11.1. The predicted molar refractivity (Wildman–Crippen MR) is 52.0 cm³/mol. The number of likely N-dealkylation sites (N-methyl/N-ethyl adjacent to an activating group) is 1. The van der Waals surface area contributed by atoms with Gasteiger partial charge >= 0.3 is 0 Å². The van der Waals surface area contributed by atoms with E-state index >= 15 is 0 Å². The van der Waals surface area contributed by atoms with Gasteiger partial charge in [0.1, 0.15) is 18.9 Å². The maximum atomic E-state index is 5.39. The van der Waals surface area contributed by atoms with Crippen LogP contribution < -0.4 is 0 Å². The average Bonchev–Trinajstić information content (AvgIpc) is 2.53. The highest BCUT2D eigenvalue weighted by atomic mass is 16.5. The van der Waals surface area contributed by atoms with Crippen molar-refractivity contribution in [2.24, 2.45) is 0 Å². The Hall–Kier alpha value is -0.640. The van der Waals surface area contributed by atoms with E-state index in [1.807, 2.05) is 0 Å². The van der Waals surface area contributed by atoms with E-state index in [4.69, 9.17) is 9.47 Å². The molecule has 1 aliphatic rings. The van der Waals surface area contributed by atoms with Crippen molar-refractivity contribution in [3.8, 4) is 0 Å². The van der Waals surface area contributed by atoms with Crippen molar-refractivity contribution in [1.29, 1.82) is 0 Å². The molecule has 0 saturated carbocycles. The molecule has 0 bridgehead atoms. The summed E-state index contributed by atoms with van der Waals surface area (Å²) in [4.78, 5) is 0. The van der Waals surface area contributed by atoms with Crippen LogP contribution in [0.25, 0.3) is 0 Å². The van der Waals surface area contributed by atoms with Crippen molar-refractivity contribution >= 4 is 0 Å². The third-order valence-electron chi connectivity index (χ3n) is 2.11. The van der Waals surface area contributed by atoms with Gasteiger partial charge in [0, 0.05) is 7.11 Å². The molecule has 0 aliphatic carbocycles. The first-order chi connectivity index (χ1) is 6.27. The van der Waals surface area contributed by atoms with E-state index in [-0.39, 0.29) is 0 Å². The van der Waals surface area contributed by atoms with Crippen LogP contribution in [0.3, 0.4) is 0 Å². The molecular formula is C10H18NO2+. The fraction of sp³-hybridized carbons (Fsp3) is 0.600. The van der Waals surface area contributed by atoms with Crippen LogP contribution in [0, 0.1) is 0 Å². The largest absolute Gasteiger partial charge is 0.382 e. The van der Waals surface area contributed by atoms with Crippen molar-refractivity contribution < 1.29 is 14.0 Å². The number of methoxy groups -OCH3 is 1. The normalized spacial score (nSPS) is 18.3. The summed E-state index contributed by atoms with van der Waals surface area (Å²) >= 11 is 0. The van der Waals surface area contributed by atoms with E-state index in [9.17, 15) is 0 Å². The van der Waals surface area contributed by atoms with Crippen molar-refractivity contribution in [3.05, 3.63) is 24.6 Å². The molecule has 0 fully saturated rings. The third-order valence-corrected chi connectivity index (χ3v) is 2.11. The van der Waals surface area contributed by atoms with Crippen molar-refractivity contribution in [2.45, 2.75) is 0 Å². The molecule has 1 heterocycles. The summed E-state index contributed by atoms with van der Waals surface area (Å²) in [5.74, 6) is 0. The van der Waals surface area contributed by atoms with Gasteiger partial charge in [0.15, 0.2) is 0 Å². The number of allylic oxidation sites excluding steroid dienone is 2. The topological polar surface area (TPSA) is 18.5 Å². The molecule has 0 unspecified atom stereocenters. The lowest BCUT2D eigenvalue weighted by molar-refractivity contribution is -0.804. The predicted octanol–water partition coefficient (Wildman–Crippen LogP) is 1.14. The molecule has 0 spiro atoms. The number of hydrogen-bond acceptors (Lipinski definition) is 2. The lowest BCUT2D eigenvalue weighted by Gasteiger charge is -2.22. The molecule has 0 amide bonds. The first kappa shape index (κ1) is 10.4. The number of rotatable bonds is 6. The van der Waals surface area contributed by atoms with Crippen LogP contribution in [-0.4, -0.2) is 45.0 Å². The van der Waals surface area contributed by atoms with E-state index in [1.165, 1.54) is 0 Å². The molecule has 0 aromatic rings. The number of ether oxygens (including phenoxy) is 2. The molecule has 1 rings (SSSR count). The zero-order valence-electron chi connectivity index (χ0n) is 8.40. The Bertz CT molecular complexity index is 187. The van der Waals surface area contributed by atoms with Crippen LogP contribution in [-0.2, 0) is 9.47 Å². The summed E-state index contributed by atoms with van der Waals surface area (Å²) in [5, 5.41) is 0. The Morgan fingerprint density at radius 3 is 2.38 bits per heavy atom. The van der Waals surface area contributed by atoms with Gasteiger partial charge in [0.2, 0.25) is 0 Å². The monoisotopic (exact) mass is 184 g/mol. The van der Waals surface area contributed by atoms with Crippen molar-refractivity contribution in [1.82, 2.24) is 0 Å². The lowest BCUT2D eigenvalue weighted by atomic mass is 10.5. The van der Waals surface area contributed by atoms with Gasteiger partial charge in [-0.1, -0.05) is 0 Å². The second kappa shape index (κ2) is 5.17. The van der Waals surface area contributed by atoms with Gasteiger partial charge in [0.05, 0.1) is 26.9 Å². The zero-order valence-corrected chi connectivity index (χ0v) is 8.40. The van der Waals surface area contributed by atoms with Gasteiger partial charge < -0.3 is 9.47 Å². The van der Waals surface area contributed by atoms with E-state index in [0.29, 0.717) is 13.2 Å². The van der Waals surface area contributed by atoms with E-state index < -0.39 is 0 Å². The van der Waals surface area contributed by atoms with Gasteiger partial charge in [-0.25, -0.2) is 0 Å². The molecule has 0 radical (unpaired) electrons. The molecule has 0 aromatic carbocycles. The van der Waals surface area contributed by atoms with Gasteiger partial charge in [0.25, 0.3) is 0 Å². The average molecular weight is 184 g/mol. The fourth-order valence-electron chi connectivity index (χ4n) is 1.20. The zero-order chi connectivity index (χ0) is 9.57. The first-order valence-electron chi connectivity index (χ1n) is 4.55. The Kier molecular flexibility index (Phi) is 4.15. The number of quaternary nitrogens is 1. The van der Waals surface area contributed by atoms with E-state index in [0.717, 1.165) is 17.6 Å². The van der Waals surface area contributed by atoms with Gasteiger partial charge in [-0.15, -0.1) is 0 Å². The van der Waals surface area contributed by atoms with Gasteiger partial charge in [-0.3, -0.25) is 4.48 Å². The van der Waals surface area contributed by atoms with E-state index in [1.54, 1.807) is 7.11 Å². The molecule has 13 heavy (non-hydrogen) atoms. The van der Waals surface area contributed by atoms with Crippen LogP contribution in [0.1, 0.15) is 0 Å². The quantitative estimate of drug-likeness (QED) is 0.455. The van der Waals surface area contributed by atoms with Crippen LogP contribution in [0.15, 0.2) is 24.6 Å². The van der Waals surface area contributed by atoms with Crippen LogP contribution >= 0.6 is 0 Å². The third kappa shape index (κ3) is 3.72. The van der Waals surface area contributed by atoms with Crippen LogP contribution in [0.5, 0.6) is 0 Å². The molecule has 0 atom stereocenters. The molecule has 74 valence electrons. The highest BCUT2D eigenvalue weighted by molar-refractivity contribution is 5.03. The number of hydrogen-bond donors (Lipinski definition) is 0. The minimum absolute atomic E-state index is 0.676. The summed E-state index contributed by atoms with van der Waals surface area (Å²) in [6.45, 7) is 3.12. The lowest BCUT2D eigenvalue weighted by Crippen LogP contribution is -2.34. The second-order valence-electron chi connectivity index (χ2n) is 3.36. The summed E-state index contributed by atoms with van der Waals surface area (Å²) in [6, 6.07) is 0. The minimum Gasteiger partial charge on any atom is -0.382 e. The highest BCUT2D eigenvalue weighted by Crippen LogP contribution is 2.10. The van der Waals surface area contributed by atoms with Crippen LogP contribution in [0.2, 0.25) is 0 Å². The van der Waals surface area contributed by atoms with Crippen molar-refractivity contribution in [2.75, 3.05) is 40.5 Å². The van der Waals surface area contributed by atoms with E-state index in [2.05, 4.69) is 31.6 Å².